The summed E-state index contributed by atoms with van der Waals surface area (Å²) >= 11 is 0. The maximum Gasteiger partial charge on any atom is 0.322 e. The SMILES string of the molecule is COc1cccc(-c2ccc(NC(=O)N3CCNC(=O)C3C(C)C)cc2)c1. The molecule has 0 radical (unpaired) electrons. The molecule has 3 amide bonds. The Morgan fingerprint density at radius 1 is 1.19 bits per heavy atom. The molecule has 2 aromatic rings. The second-order valence-corrected chi connectivity index (χ2v) is 6.91. The van der Waals surface area contributed by atoms with E-state index in [1.54, 1.807) is 12.0 Å². The highest BCUT2D eigenvalue weighted by Gasteiger charge is 2.35. The molecular weight excluding hydrogens is 342 g/mol. The van der Waals surface area contributed by atoms with E-state index in [2.05, 4.69) is 10.6 Å². The van der Waals surface area contributed by atoms with Crippen LogP contribution >= 0.6 is 0 Å². The molecule has 1 atom stereocenters. The van der Waals surface area contributed by atoms with Gasteiger partial charge >= 0.3 is 6.03 Å². The van der Waals surface area contributed by atoms with E-state index in [4.69, 9.17) is 4.74 Å². The van der Waals surface area contributed by atoms with Crippen LogP contribution in [-0.2, 0) is 4.79 Å². The van der Waals surface area contributed by atoms with Crippen molar-refractivity contribution in [3.63, 3.8) is 0 Å². The molecule has 142 valence electrons. The first kappa shape index (κ1) is 18.8. The third-order valence-corrected chi connectivity index (χ3v) is 4.69. The largest absolute Gasteiger partial charge is 0.497 e. The van der Waals surface area contributed by atoms with Crippen molar-refractivity contribution in [3.05, 3.63) is 48.5 Å². The van der Waals surface area contributed by atoms with Gasteiger partial charge in [-0.25, -0.2) is 4.79 Å². The highest BCUT2D eigenvalue weighted by Crippen LogP contribution is 2.25. The van der Waals surface area contributed by atoms with Crippen LogP contribution in [0.3, 0.4) is 0 Å². The average molecular weight is 367 g/mol. The van der Waals surface area contributed by atoms with Gasteiger partial charge < -0.3 is 20.3 Å². The van der Waals surface area contributed by atoms with E-state index in [-0.39, 0.29) is 17.9 Å². The number of benzene rings is 2. The number of ether oxygens (including phenoxy) is 1. The predicted molar refractivity (Wildman–Crippen MR) is 106 cm³/mol. The standard InChI is InChI=1S/C21H25N3O3/c1-14(2)19-20(25)22-11-12-24(19)21(26)23-17-9-7-15(8-10-17)16-5-4-6-18(13-16)27-3/h4-10,13-14,19H,11-12H2,1-3H3,(H,22,25)(H,23,26). The summed E-state index contributed by atoms with van der Waals surface area (Å²) in [6.07, 6.45) is 0. The second-order valence-electron chi connectivity index (χ2n) is 6.91. The number of rotatable bonds is 4. The number of nitrogens with zero attached hydrogens (tertiary/aromatic N) is 1. The maximum atomic E-state index is 12.7. The third kappa shape index (κ3) is 4.22. The second kappa shape index (κ2) is 8.12. The lowest BCUT2D eigenvalue weighted by atomic mass is 10.00. The highest BCUT2D eigenvalue weighted by atomic mass is 16.5. The zero-order valence-corrected chi connectivity index (χ0v) is 15.9. The van der Waals surface area contributed by atoms with Crippen LogP contribution < -0.4 is 15.4 Å². The van der Waals surface area contributed by atoms with Crippen molar-refractivity contribution in [3.8, 4) is 16.9 Å². The van der Waals surface area contributed by atoms with Crippen LogP contribution in [0.15, 0.2) is 48.5 Å². The Morgan fingerprint density at radius 2 is 1.93 bits per heavy atom. The van der Waals surface area contributed by atoms with Crippen molar-refractivity contribution in [1.82, 2.24) is 10.2 Å². The fourth-order valence-corrected chi connectivity index (χ4v) is 3.32. The molecule has 1 aliphatic heterocycles. The van der Waals surface area contributed by atoms with Crippen molar-refractivity contribution >= 4 is 17.6 Å². The molecular formula is C21H25N3O3. The molecule has 1 heterocycles. The van der Waals surface area contributed by atoms with Crippen molar-refractivity contribution in [2.75, 3.05) is 25.5 Å². The van der Waals surface area contributed by atoms with Crippen LogP contribution in [0.4, 0.5) is 10.5 Å². The molecule has 0 spiro atoms. The number of anilines is 1. The lowest BCUT2D eigenvalue weighted by Crippen LogP contribution is -2.60. The molecule has 0 bridgehead atoms. The fourth-order valence-electron chi connectivity index (χ4n) is 3.32. The number of urea groups is 1. The Balaban J connectivity index is 1.72. The lowest BCUT2D eigenvalue weighted by Gasteiger charge is -2.37. The summed E-state index contributed by atoms with van der Waals surface area (Å²) in [6, 6.07) is 14.7. The quantitative estimate of drug-likeness (QED) is 0.871. The molecule has 2 N–H and O–H groups in total. The minimum atomic E-state index is -0.449. The van der Waals surface area contributed by atoms with Crippen molar-refractivity contribution in [2.45, 2.75) is 19.9 Å². The Morgan fingerprint density at radius 3 is 2.59 bits per heavy atom. The van der Waals surface area contributed by atoms with E-state index in [0.29, 0.717) is 18.8 Å². The Kier molecular flexibility index (Phi) is 5.64. The van der Waals surface area contributed by atoms with E-state index >= 15 is 0 Å². The van der Waals surface area contributed by atoms with Gasteiger partial charge in [0, 0.05) is 18.8 Å². The molecule has 6 heteroatoms. The molecule has 2 aromatic carbocycles. The van der Waals surface area contributed by atoms with Gasteiger partial charge in [0.15, 0.2) is 0 Å². The lowest BCUT2D eigenvalue weighted by molar-refractivity contribution is -0.129. The molecule has 0 aliphatic carbocycles. The Bertz CT molecular complexity index is 818. The van der Waals surface area contributed by atoms with E-state index in [9.17, 15) is 9.59 Å². The minimum absolute atomic E-state index is 0.0477. The monoisotopic (exact) mass is 367 g/mol. The first-order valence-electron chi connectivity index (χ1n) is 9.09. The van der Waals surface area contributed by atoms with E-state index in [0.717, 1.165) is 16.9 Å². The first-order chi connectivity index (χ1) is 13.0. The van der Waals surface area contributed by atoms with Crippen LogP contribution in [0.5, 0.6) is 5.75 Å². The molecule has 0 aromatic heterocycles. The van der Waals surface area contributed by atoms with Crippen molar-refractivity contribution < 1.29 is 14.3 Å². The molecule has 3 rings (SSSR count). The van der Waals surface area contributed by atoms with Gasteiger partial charge in [0.25, 0.3) is 0 Å². The highest BCUT2D eigenvalue weighted by molar-refractivity contribution is 5.94. The summed E-state index contributed by atoms with van der Waals surface area (Å²) in [5.41, 5.74) is 2.77. The van der Waals surface area contributed by atoms with Gasteiger partial charge in [-0.3, -0.25) is 4.79 Å². The number of nitrogens with one attached hydrogen (secondary N) is 2. The number of methoxy groups -OCH3 is 1. The summed E-state index contributed by atoms with van der Waals surface area (Å²) in [5, 5.41) is 5.73. The van der Waals surface area contributed by atoms with Crippen molar-refractivity contribution in [1.29, 1.82) is 0 Å². The minimum Gasteiger partial charge on any atom is -0.497 e. The third-order valence-electron chi connectivity index (χ3n) is 4.69. The zero-order chi connectivity index (χ0) is 19.4. The summed E-state index contributed by atoms with van der Waals surface area (Å²) in [7, 11) is 1.64. The normalized spacial score (nSPS) is 16.8. The van der Waals surface area contributed by atoms with Gasteiger partial charge in [-0.2, -0.15) is 0 Å². The predicted octanol–water partition coefficient (Wildman–Crippen LogP) is 3.35. The van der Waals surface area contributed by atoms with Crippen LogP contribution in [0.2, 0.25) is 0 Å². The molecule has 1 unspecified atom stereocenters. The number of piperazine rings is 1. The fraction of sp³-hybridized carbons (Fsp3) is 0.333. The molecule has 1 fully saturated rings. The smallest absolute Gasteiger partial charge is 0.322 e. The van der Waals surface area contributed by atoms with Crippen LogP contribution in [0.1, 0.15) is 13.8 Å². The topological polar surface area (TPSA) is 70.7 Å². The summed E-state index contributed by atoms with van der Waals surface area (Å²) in [6.45, 7) is 4.87. The van der Waals surface area contributed by atoms with Gasteiger partial charge in [-0.1, -0.05) is 38.1 Å². The van der Waals surface area contributed by atoms with Gasteiger partial charge in [0.05, 0.1) is 7.11 Å². The summed E-state index contributed by atoms with van der Waals surface area (Å²) < 4.78 is 5.26. The first-order valence-corrected chi connectivity index (χ1v) is 9.09. The van der Waals surface area contributed by atoms with Gasteiger partial charge in [-0.05, 0) is 41.3 Å². The van der Waals surface area contributed by atoms with Crippen molar-refractivity contribution in [2.24, 2.45) is 5.92 Å². The average Bonchev–Trinajstić information content (AvgIpc) is 2.68. The number of amides is 3. The van der Waals surface area contributed by atoms with Gasteiger partial charge in [-0.15, -0.1) is 0 Å². The molecule has 1 aliphatic rings. The summed E-state index contributed by atoms with van der Waals surface area (Å²) in [5.74, 6) is 0.749. The number of carbonyl (C=O) groups is 2. The summed E-state index contributed by atoms with van der Waals surface area (Å²) in [4.78, 5) is 26.4. The van der Waals surface area contributed by atoms with Crippen LogP contribution in [0, 0.1) is 5.92 Å². The van der Waals surface area contributed by atoms with Gasteiger partial charge in [0.1, 0.15) is 11.8 Å². The Labute approximate surface area is 159 Å². The van der Waals surface area contributed by atoms with E-state index in [1.807, 2.05) is 62.4 Å². The van der Waals surface area contributed by atoms with Crippen LogP contribution in [0.25, 0.3) is 11.1 Å². The van der Waals surface area contributed by atoms with Crippen LogP contribution in [-0.4, -0.2) is 43.1 Å². The number of carbonyl (C=O) groups excluding carboxylic acids is 2. The molecule has 0 saturated carbocycles. The zero-order valence-electron chi connectivity index (χ0n) is 15.9. The van der Waals surface area contributed by atoms with E-state index < -0.39 is 6.04 Å². The molecule has 1 saturated heterocycles. The van der Waals surface area contributed by atoms with E-state index in [1.165, 1.54) is 0 Å². The number of hydrogen-bond donors (Lipinski definition) is 2. The van der Waals surface area contributed by atoms with Gasteiger partial charge in [0.2, 0.25) is 5.91 Å². The Hall–Kier alpha value is -3.02. The maximum absolute atomic E-state index is 12.7. The number of hydrogen-bond acceptors (Lipinski definition) is 3. The molecule has 6 nitrogen and oxygen atoms in total. The molecule has 27 heavy (non-hydrogen) atoms.